The number of hydrogen-bond donors (Lipinski definition) is 1. The Morgan fingerprint density at radius 3 is 2.24 bits per heavy atom. The Bertz CT molecular complexity index is 910. The topological polar surface area (TPSA) is 51.0 Å². The molecule has 2 aromatic carbocycles. The summed E-state index contributed by atoms with van der Waals surface area (Å²) < 4.78 is 5.46. The van der Waals surface area contributed by atoms with E-state index in [1.165, 1.54) is 0 Å². The predicted octanol–water partition coefficient (Wildman–Crippen LogP) is 5.82. The van der Waals surface area contributed by atoms with Gasteiger partial charge in [0.05, 0.1) is 5.41 Å². The maximum absolute atomic E-state index is 6.50. The molecular weight excluding hydrogens is 381 g/mol. The summed E-state index contributed by atoms with van der Waals surface area (Å²) in [6, 6.07) is 11.0. The summed E-state index contributed by atoms with van der Waals surface area (Å²) in [6.07, 6.45) is 1.76. The molecule has 0 atom stereocenters. The average molecular weight is 395 g/mol. The highest BCUT2D eigenvalue weighted by atomic mass is 35.5. The zero-order chi connectivity index (χ0) is 17.6. The molecule has 4 nitrogen and oxygen atoms in total. The Morgan fingerprint density at radius 2 is 1.68 bits per heavy atom. The summed E-state index contributed by atoms with van der Waals surface area (Å²) in [4.78, 5) is 4.59. The lowest BCUT2D eigenvalue weighted by Gasteiger charge is -2.16. The largest absolute Gasteiger partial charge is 0.388 e. The van der Waals surface area contributed by atoms with Crippen LogP contribution in [0.4, 0.5) is 5.69 Å². The first-order valence-corrected chi connectivity index (χ1v) is 8.94. The van der Waals surface area contributed by atoms with Crippen LogP contribution in [0.15, 0.2) is 40.9 Å². The fourth-order valence-corrected chi connectivity index (χ4v) is 3.99. The number of nitrogens with zero attached hydrogens (tertiary/aromatic N) is 2. The van der Waals surface area contributed by atoms with E-state index >= 15 is 0 Å². The summed E-state index contributed by atoms with van der Waals surface area (Å²) in [6.45, 7) is 0. The summed E-state index contributed by atoms with van der Waals surface area (Å²) in [5.74, 6) is 1.07. The Hall–Kier alpha value is -1.75. The minimum absolute atomic E-state index is 0.380. The highest BCUT2D eigenvalue weighted by molar-refractivity contribution is 6.36. The standard InChI is InChI=1S/C18H14Cl3N3O/c1-22-12-8-13(20)15(14(21)9-12)18(6-7-18)17-23-16(25-24-17)10-2-4-11(19)5-3-10/h2-5,8-9,22H,6-7H2,1H3. The van der Waals surface area contributed by atoms with Crippen molar-refractivity contribution in [2.75, 3.05) is 12.4 Å². The second-order valence-corrected chi connectivity index (χ2v) is 7.33. The molecule has 1 aliphatic rings. The predicted molar refractivity (Wildman–Crippen MR) is 101 cm³/mol. The van der Waals surface area contributed by atoms with E-state index in [1.54, 1.807) is 12.1 Å². The number of nitrogens with one attached hydrogen (secondary N) is 1. The normalized spacial score (nSPS) is 15.2. The Morgan fingerprint density at radius 1 is 1.04 bits per heavy atom. The van der Waals surface area contributed by atoms with Crippen molar-refractivity contribution in [2.24, 2.45) is 0 Å². The Balaban J connectivity index is 1.74. The fourth-order valence-electron chi connectivity index (χ4n) is 3.01. The van der Waals surface area contributed by atoms with E-state index in [9.17, 15) is 0 Å². The molecule has 0 amide bonds. The molecule has 1 aliphatic carbocycles. The second kappa shape index (κ2) is 6.20. The quantitative estimate of drug-likeness (QED) is 0.606. The number of aromatic nitrogens is 2. The maximum Gasteiger partial charge on any atom is 0.257 e. The molecule has 7 heteroatoms. The number of hydrogen-bond acceptors (Lipinski definition) is 4. The Kier molecular flexibility index (Phi) is 4.14. The van der Waals surface area contributed by atoms with E-state index in [4.69, 9.17) is 39.3 Å². The van der Waals surface area contributed by atoms with E-state index in [2.05, 4.69) is 15.5 Å². The third-order valence-corrected chi connectivity index (χ3v) is 5.35. The number of halogens is 3. The molecule has 0 bridgehead atoms. The lowest BCUT2D eigenvalue weighted by molar-refractivity contribution is 0.418. The molecule has 128 valence electrons. The van der Waals surface area contributed by atoms with Gasteiger partial charge in [-0.2, -0.15) is 4.98 Å². The lowest BCUT2D eigenvalue weighted by Crippen LogP contribution is -2.12. The average Bonchev–Trinajstić information content (AvgIpc) is 3.22. The van der Waals surface area contributed by atoms with Crippen LogP contribution >= 0.6 is 34.8 Å². The van der Waals surface area contributed by atoms with Gasteiger partial charge in [-0.3, -0.25) is 0 Å². The molecule has 4 rings (SSSR count). The van der Waals surface area contributed by atoms with Crippen molar-refractivity contribution in [3.05, 3.63) is 62.9 Å². The maximum atomic E-state index is 6.50. The summed E-state index contributed by atoms with van der Waals surface area (Å²) in [7, 11) is 1.83. The van der Waals surface area contributed by atoms with Gasteiger partial charge in [-0.25, -0.2) is 0 Å². The molecule has 0 spiro atoms. The van der Waals surface area contributed by atoms with Gasteiger partial charge in [0.25, 0.3) is 5.89 Å². The zero-order valence-corrected chi connectivity index (χ0v) is 15.6. The van der Waals surface area contributed by atoms with Crippen molar-refractivity contribution in [3.63, 3.8) is 0 Å². The van der Waals surface area contributed by atoms with Gasteiger partial charge >= 0.3 is 0 Å². The number of rotatable bonds is 4. The molecule has 1 saturated carbocycles. The molecular formula is C18H14Cl3N3O. The van der Waals surface area contributed by atoms with Crippen LogP contribution in [0.1, 0.15) is 24.2 Å². The first-order valence-electron chi connectivity index (χ1n) is 7.81. The molecule has 1 N–H and O–H groups in total. The van der Waals surface area contributed by atoms with Gasteiger partial charge in [-0.05, 0) is 49.2 Å². The van der Waals surface area contributed by atoms with E-state index in [0.29, 0.717) is 26.8 Å². The molecule has 0 radical (unpaired) electrons. The van der Waals surface area contributed by atoms with Crippen LogP contribution in [-0.2, 0) is 5.41 Å². The van der Waals surface area contributed by atoms with Crippen molar-refractivity contribution in [3.8, 4) is 11.5 Å². The first kappa shape index (κ1) is 16.7. The van der Waals surface area contributed by atoms with Gasteiger partial charge in [0.1, 0.15) is 0 Å². The van der Waals surface area contributed by atoms with Crippen LogP contribution in [0.5, 0.6) is 0 Å². The van der Waals surface area contributed by atoms with Crippen LogP contribution in [0.3, 0.4) is 0 Å². The van der Waals surface area contributed by atoms with E-state index in [0.717, 1.165) is 29.7 Å². The molecule has 0 unspecified atom stereocenters. The van der Waals surface area contributed by atoms with Crippen LogP contribution in [0.2, 0.25) is 15.1 Å². The van der Waals surface area contributed by atoms with Crippen molar-refractivity contribution >= 4 is 40.5 Å². The minimum atomic E-state index is -0.380. The first-order chi connectivity index (χ1) is 12.0. The van der Waals surface area contributed by atoms with Crippen molar-refractivity contribution in [1.82, 2.24) is 10.1 Å². The molecule has 3 aromatic rings. The van der Waals surface area contributed by atoms with E-state index in [-0.39, 0.29) is 5.41 Å². The zero-order valence-electron chi connectivity index (χ0n) is 13.3. The third kappa shape index (κ3) is 2.88. The summed E-state index contributed by atoms with van der Waals surface area (Å²) in [5.41, 5.74) is 2.17. The number of benzene rings is 2. The van der Waals surface area contributed by atoms with Crippen LogP contribution in [-0.4, -0.2) is 17.2 Å². The van der Waals surface area contributed by atoms with Gasteiger partial charge in [0.15, 0.2) is 5.82 Å². The molecule has 1 heterocycles. The van der Waals surface area contributed by atoms with Gasteiger partial charge in [0.2, 0.25) is 0 Å². The molecule has 1 aromatic heterocycles. The SMILES string of the molecule is CNc1cc(Cl)c(C2(c3noc(-c4ccc(Cl)cc4)n3)CC2)c(Cl)c1. The van der Waals surface area contributed by atoms with Crippen molar-refractivity contribution in [2.45, 2.75) is 18.3 Å². The number of anilines is 1. The van der Waals surface area contributed by atoms with E-state index in [1.807, 2.05) is 31.3 Å². The van der Waals surface area contributed by atoms with Crippen molar-refractivity contribution < 1.29 is 4.52 Å². The third-order valence-electron chi connectivity index (χ3n) is 4.50. The molecule has 1 fully saturated rings. The molecule has 0 saturated heterocycles. The molecule has 0 aliphatic heterocycles. The Labute approximate surface area is 160 Å². The van der Waals surface area contributed by atoms with Crippen molar-refractivity contribution in [1.29, 1.82) is 0 Å². The van der Waals surface area contributed by atoms with E-state index < -0.39 is 0 Å². The minimum Gasteiger partial charge on any atom is -0.388 e. The van der Waals surface area contributed by atoms with Gasteiger partial charge in [-0.1, -0.05) is 40.0 Å². The van der Waals surface area contributed by atoms with Crippen LogP contribution < -0.4 is 5.32 Å². The highest BCUT2D eigenvalue weighted by Crippen LogP contribution is 2.56. The fraction of sp³-hybridized carbons (Fsp3) is 0.222. The summed E-state index contributed by atoms with van der Waals surface area (Å²) in [5, 5.41) is 9.11. The second-order valence-electron chi connectivity index (χ2n) is 6.08. The van der Waals surface area contributed by atoms with Gasteiger partial charge < -0.3 is 9.84 Å². The highest BCUT2D eigenvalue weighted by Gasteiger charge is 2.52. The lowest BCUT2D eigenvalue weighted by atomic mass is 9.94. The smallest absolute Gasteiger partial charge is 0.257 e. The van der Waals surface area contributed by atoms with Crippen LogP contribution in [0.25, 0.3) is 11.5 Å². The van der Waals surface area contributed by atoms with Gasteiger partial charge in [0, 0.05) is 38.9 Å². The monoisotopic (exact) mass is 393 g/mol. The molecule has 25 heavy (non-hydrogen) atoms. The van der Waals surface area contributed by atoms with Crippen LogP contribution in [0, 0.1) is 0 Å². The summed E-state index contributed by atoms with van der Waals surface area (Å²) >= 11 is 18.9. The van der Waals surface area contributed by atoms with Gasteiger partial charge in [-0.15, -0.1) is 0 Å².